The Morgan fingerprint density at radius 3 is 2.69 bits per heavy atom. The number of nitrogens with two attached hydrogens (primary N) is 1. The maximum atomic E-state index is 13.6. The third-order valence-corrected chi connectivity index (χ3v) is 2.41. The van der Waals surface area contributed by atoms with Gasteiger partial charge in [0.25, 0.3) is 0 Å². The van der Waals surface area contributed by atoms with Crippen molar-refractivity contribution in [3.8, 4) is 11.5 Å². The van der Waals surface area contributed by atoms with Crippen molar-refractivity contribution in [1.82, 2.24) is 0 Å². The largest absolute Gasteiger partial charge is 0.504 e. The first kappa shape index (κ1) is 12.7. The third kappa shape index (κ3) is 2.25. The van der Waals surface area contributed by atoms with E-state index in [1.54, 1.807) is 6.92 Å². The first-order chi connectivity index (χ1) is 7.52. The Balaban J connectivity index is 3.22. The average molecular weight is 229 g/mol. The number of phenols is 1. The molecule has 1 atom stereocenters. The fraction of sp³-hybridized carbons (Fsp3) is 0.455. The Hall–Kier alpha value is -1.33. The first-order valence-corrected chi connectivity index (χ1v) is 4.97. The molecule has 0 spiro atoms. The molecule has 0 saturated carbocycles. The highest BCUT2D eigenvalue weighted by Crippen LogP contribution is 2.36. The molecule has 1 unspecified atom stereocenters. The zero-order valence-corrected chi connectivity index (χ0v) is 9.33. The molecular formula is C11H16FNO3. The van der Waals surface area contributed by atoms with Crippen LogP contribution in [0.25, 0.3) is 0 Å². The highest BCUT2D eigenvalue weighted by atomic mass is 19.1. The molecule has 5 heteroatoms. The van der Waals surface area contributed by atoms with E-state index < -0.39 is 17.7 Å². The minimum atomic E-state index is -0.968. The van der Waals surface area contributed by atoms with Crippen LogP contribution in [0.1, 0.15) is 23.7 Å². The molecule has 1 aromatic rings. The third-order valence-electron chi connectivity index (χ3n) is 2.41. The van der Waals surface area contributed by atoms with Crippen molar-refractivity contribution in [2.75, 3.05) is 13.7 Å². The topological polar surface area (TPSA) is 75.7 Å². The van der Waals surface area contributed by atoms with E-state index in [1.165, 1.54) is 13.2 Å². The molecule has 0 aromatic heterocycles. The number of aromatic hydroxyl groups is 1. The zero-order valence-electron chi connectivity index (χ0n) is 9.33. The molecule has 0 bridgehead atoms. The van der Waals surface area contributed by atoms with Gasteiger partial charge in [0.15, 0.2) is 11.5 Å². The molecule has 0 aliphatic rings. The molecule has 0 aliphatic carbocycles. The van der Waals surface area contributed by atoms with Crippen molar-refractivity contribution >= 4 is 0 Å². The molecule has 0 amide bonds. The summed E-state index contributed by atoms with van der Waals surface area (Å²) < 4.78 is 18.4. The summed E-state index contributed by atoms with van der Waals surface area (Å²) in [5.74, 6) is -1.45. The highest BCUT2D eigenvalue weighted by Gasteiger charge is 2.20. The lowest BCUT2D eigenvalue weighted by Crippen LogP contribution is -2.08. The van der Waals surface area contributed by atoms with Gasteiger partial charge in [-0.05, 0) is 31.5 Å². The van der Waals surface area contributed by atoms with Gasteiger partial charge in [-0.25, -0.2) is 0 Å². The predicted molar refractivity (Wildman–Crippen MR) is 58.0 cm³/mol. The van der Waals surface area contributed by atoms with Gasteiger partial charge < -0.3 is 20.7 Å². The van der Waals surface area contributed by atoms with Gasteiger partial charge in [-0.15, -0.1) is 0 Å². The fourth-order valence-corrected chi connectivity index (χ4v) is 1.59. The summed E-state index contributed by atoms with van der Waals surface area (Å²) in [5.41, 5.74) is 5.95. The number of aryl methyl sites for hydroxylation is 1. The van der Waals surface area contributed by atoms with E-state index in [0.717, 1.165) is 0 Å². The molecule has 90 valence electrons. The number of rotatable bonds is 4. The van der Waals surface area contributed by atoms with Gasteiger partial charge in [-0.3, -0.25) is 0 Å². The van der Waals surface area contributed by atoms with Gasteiger partial charge in [0, 0.05) is 5.56 Å². The smallest absolute Gasteiger partial charge is 0.207 e. The molecule has 4 nitrogen and oxygen atoms in total. The molecule has 0 aliphatic heterocycles. The van der Waals surface area contributed by atoms with Crippen LogP contribution in [0.15, 0.2) is 6.07 Å². The second-order valence-electron chi connectivity index (χ2n) is 3.57. The van der Waals surface area contributed by atoms with Crippen molar-refractivity contribution in [1.29, 1.82) is 0 Å². The molecular weight excluding hydrogens is 213 g/mol. The van der Waals surface area contributed by atoms with Crippen molar-refractivity contribution in [2.45, 2.75) is 19.4 Å². The fourth-order valence-electron chi connectivity index (χ4n) is 1.59. The molecule has 0 heterocycles. The molecule has 1 rings (SSSR count). The second-order valence-corrected chi connectivity index (χ2v) is 3.57. The maximum absolute atomic E-state index is 13.6. The molecule has 0 fully saturated rings. The summed E-state index contributed by atoms with van der Waals surface area (Å²) in [6, 6.07) is 1.50. The van der Waals surface area contributed by atoms with Gasteiger partial charge in [0.05, 0.1) is 13.2 Å². The normalized spacial score (nSPS) is 12.6. The van der Waals surface area contributed by atoms with Gasteiger partial charge in [-0.1, -0.05) is 0 Å². The van der Waals surface area contributed by atoms with Crippen molar-refractivity contribution in [3.05, 3.63) is 23.0 Å². The Kier molecular flexibility index (Phi) is 4.09. The van der Waals surface area contributed by atoms with Crippen molar-refractivity contribution < 1.29 is 19.3 Å². The lowest BCUT2D eigenvalue weighted by molar-refractivity contribution is 0.165. The Labute approximate surface area is 93.5 Å². The number of methoxy groups -OCH3 is 1. The average Bonchev–Trinajstić information content (AvgIpc) is 2.24. The van der Waals surface area contributed by atoms with Crippen LogP contribution < -0.4 is 10.5 Å². The quantitative estimate of drug-likeness (QED) is 0.725. The number of hydrogen-bond acceptors (Lipinski definition) is 4. The van der Waals surface area contributed by atoms with Crippen LogP contribution in [0.3, 0.4) is 0 Å². The van der Waals surface area contributed by atoms with Crippen LogP contribution in [0, 0.1) is 12.7 Å². The minimum Gasteiger partial charge on any atom is -0.504 e. The van der Waals surface area contributed by atoms with Crippen LogP contribution >= 0.6 is 0 Å². The summed E-state index contributed by atoms with van der Waals surface area (Å²) in [6.07, 6.45) is -0.706. The molecule has 1 aromatic carbocycles. The summed E-state index contributed by atoms with van der Waals surface area (Å²) >= 11 is 0. The van der Waals surface area contributed by atoms with E-state index in [1.807, 2.05) is 0 Å². The summed E-state index contributed by atoms with van der Waals surface area (Å²) in [7, 11) is 1.32. The van der Waals surface area contributed by atoms with Crippen LogP contribution in [-0.2, 0) is 0 Å². The number of benzene rings is 1. The number of halogens is 1. The Bertz CT molecular complexity index is 382. The molecule has 0 radical (unpaired) electrons. The van der Waals surface area contributed by atoms with Crippen molar-refractivity contribution in [3.63, 3.8) is 0 Å². The number of aliphatic hydroxyl groups is 1. The molecule has 4 N–H and O–H groups in total. The second kappa shape index (κ2) is 5.14. The lowest BCUT2D eigenvalue weighted by atomic mass is 10.0. The lowest BCUT2D eigenvalue weighted by Gasteiger charge is -2.15. The van der Waals surface area contributed by atoms with E-state index in [4.69, 9.17) is 10.5 Å². The highest BCUT2D eigenvalue weighted by molar-refractivity contribution is 5.47. The first-order valence-electron chi connectivity index (χ1n) is 4.97. The van der Waals surface area contributed by atoms with Crippen LogP contribution in [0.5, 0.6) is 11.5 Å². The summed E-state index contributed by atoms with van der Waals surface area (Å²) in [5, 5.41) is 19.2. The van der Waals surface area contributed by atoms with Crippen LogP contribution in [-0.4, -0.2) is 23.9 Å². The number of phenolic OH excluding ortho intramolecular Hbond substituents is 1. The van der Waals surface area contributed by atoms with Gasteiger partial charge in [-0.2, -0.15) is 4.39 Å². The van der Waals surface area contributed by atoms with Crippen LogP contribution in [0.2, 0.25) is 0 Å². The number of ether oxygens (including phenoxy) is 1. The molecule has 16 heavy (non-hydrogen) atoms. The van der Waals surface area contributed by atoms with E-state index in [2.05, 4.69) is 0 Å². The SMILES string of the molecule is COc1c(C)cc(C(O)CCN)c(O)c1F. The zero-order chi connectivity index (χ0) is 12.3. The summed E-state index contributed by atoms with van der Waals surface area (Å²) in [4.78, 5) is 0. The minimum absolute atomic E-state index is 0.0128. The molecule has 0 saturated heterocycles. The monoisotopic (exact) mass is 229 g/mol. The van der Waals surface area contributed by atoms with E-state index >= 15 is 0 Å². The summed E-state index contributed by atoms with van der Waals surface area (Å²) in [6.45, 7) is 1.90. The number of aliphatic hydroxyl groups excluding tert-OH is 1. The van der Waals surface area contributed by atoms with Gasteiger partial charge in [0.1, 0.15) is 0 Å². The van der Waals surface area contributed by atoms with E-state index in [0.29, 0.717) is 5.56 Å². The standard InChI is InChI=1S/C11H16FNO3/c1-6-5-7(8(14)3-4-13)10(15)9(12)11(6)16-2/h5,8,14-15H,3-4,13H2,1-2H3. The van der Waals surface area contributed by atoms with E-state index in [-0.39, 0.29) is 24.3 Å². The Morgan fingerprint density at radius 2 is 2.19 bits per heavy atom. The van der Waals surface area contributed by atoms with Crippen LogP contribution in [0.4, 0.5) is 4.39 Å². The maximum Gasteiger partial charge on any atom is 0.207 e. The van der Waals surface area contributed by atoms with Crippen molar-refractivity contribution in [2.24, 2.45) is 5.73 Å². The predicted octanol–water partition coefficient (Wildman–Crippen LogP) is 1.23. The van der Waals surface area contributed by atoms with Gasteiger partial charge in [0.2, 0.25) is 5.82 Å². The van der Waals surface area contributed by atoms with E-state index in [9.17, 15) is 14.6 Å². The Morgan fingerprint density at radius 1 is 1.56 bits per heavy atom. The number of hydrogen-bond donors (Lipinski definition) is 3. The van der Waals surface area contributed by atoms with Gasteiger partial charge >= 0.3 is 0 Å².